The summed E-state index contributed by atoms with van der Waals surface area (Å²) in [5.41, 5.74) is -0.197. The van der Waals surface area contributed by atoms with Crippen LogP contribution < -0.4 is 15.4 Å². The van der Waals surface area contributed by atoms with Gasteiger partial charge < -0.3 is 20.1 Å². The Hall–Kier alpha value is -2.24. The molecule has 1 unspecified atom stereocenters. The second-order valence-electron chi connectivity index (χ2n) is 9.05. The average Bonchev–Trinajstić information content (AvgIpc) is 3.38. The van der Waals surface area contributed by atoms with Crippen molar-refractivity contribution in [2.45, 2.75) is 78.0 Å². The average molecular weight is 391 g/mol. The molecule has 156 valence electrons. The second kappa shape index (κ2) is 8.84. The van der Waals surface area contributed by atoms with Gasteiger partial charge in [0.1, 0.15) is 11.4 Å². The highest BCUT2D eigenvalue weighted by atomic mass is 16.6. The molecular weight excluding hydrogens is 356 g/mol. The van der Waals surface area contributed by atoms with E-state index in [2.05, 4.69) is 10.6 Å². The monoisotopic (exact) mass is 390 g/mol. The Bertz CT molecular complexity index is 692. The number of para-hydroxylation sites is 1. The van der Waals surface area contributed by atoms with Gasteiger partial charge in [-0.15, -0.1) is 0 Å². The number of amides is 2. The molecule has 0 aliphatic heterocycles. The van der Waals surface area contributed by atoms with Crippen LogP contribution in [-0.2, 0) is 16.0 Å². The number of benzene rings is 1. The van der Waals surface area contributed by atoms with E-state index in [9.17, 15) is 9.59 Å². The fourth-order valence-electron chi connectivity index (χ4n) is 3.14. The maximum absolute atomic E-state index is 12.8. The summed E-state index contributed by atoms with van der Waals surface area (Å²) in [6.45, 7) is 11.7. The largest absolute Gasteiger partial charge is 0.491 e. The van der Waals surface area contributed by atoms with Gasteiger partial charge in [0.15, 0.2) is 0 Å². The van der Waals surface area contributed by atoms with E-state index in [1.54, 1.807) is 0 Å². The number of carbonyl (C=O) groups excluding carboxylic acids is 2. The van der Waals surface area contributed by atoms with Crippen LogP contribution in [0.4, 0.5) is 4.79 Å². The van der Waals surface area contributed by atoms with Gasteiger partial charge in [0, 0.05) is 12.1 Å². The van der Waals surface area contributed by atoms with Crippen LogP contribution in [0.2, 0.25) is 0 Å². The van der Waals surface area contributed by atoms with Crippen molar-refractivity contribution in [3.05, 3.63) is 29.8 Å². The molecule has 1 aliphatic rings. The van der Waals surface area contributed by atoms with E-state index in [1.807, 2.05) is 65.8 Å². The van der Waals surface area contributed by atoms with Gasteiger partial charge in [0.25, 0.3) is 0 Å². The highest BCUT2D eigenvalue weighted by Crippen LogP contribution is 2.39. The van der Waals surface area contributed by atoms with Crippen molar-refractivity contribution in [3.63, 3.8) is 0 Å². The van der Waals surface area contributed by atoms with Crippen molar-refractivity contribution in [3.8, 4) is 5.75 Å². The Labute approximate surface area is 168 Å². The van der Waals surface area contributed by atoms with Crippen molar-refractivity contribution < 1.29 is 19.1 Å². The lowest BCUT2D eigenvalue weighted by atomic mass is 9.95. The first-order chi connectivity index (χ1) is 13.0. The van der Waals surface area contributed by atoms with Gasteiger partial charge in [-0.2, -0.15) is 0 Å². The molecule has 0 radical (unpaired) electrons. The van der Waals surface area contributed by atoms with Crippen LogP contribution >= 0.6 is 0 Å². The van der Waals surface area contributed by atoms with Gasteiger partial charge in [-0.05, 0) is 66.4 Å². The van der Waals surface area contributed by atoms with Gasteiger partial charge in [0.05, 0.1) is 18.1 Å². The van der Waals surface area contributed by atoms with E-state index in [0.29, 0.717) is 12.5 Å². The Morgan fingerprint density at radius 2 is 1.79 bits per heavy atom. The maximum Gasteiger partial charge on any atom is 0.407 e. The predicted octanol–water partition coefficient (Wildman–Crippen LogP) is 3.83. The molecule has 2 N–H and O–H groups in total. The Kier molecular flexibility index (Phi) is 6.96. The molecule has 0 spiro atoms. The second-order valence-corrected chi connectivity index (χ2v) is 9.05. The van der Waals surface area contributed by atoms with Crippen molar-refractivity contribution in [2.75, 3.05) is 6.54 Å². The number of alkyl carbamates (subject to hydrolysis) is 1. The lowest BCUT2D eigenvalue weighted by Gasteiger charge is -2.32. The van der Waals surface area contributed by atoms with E-state index in [0.717, 1.165) is 24.2 Å². The number of nitrogens with one attached hydrogen (secondary N) is 2. The number of rotatable bonds is 8. The summed E-state index contributed by atoms with van der Waals surface area (Å²) >= 11 is 0. The van der Waals surface area contributed by atoms with Crippen molar-refractivity contribution in [1.82, 2.24) is 10.6 Å². The van der Waals surface area contributed by atoms with Crippen LogP contribution in [0.15, 0.2) is 24.3 Å². The van der Waals surface area contributed by atoms with Gasteiger partial charge in [-0.3, -0.25) is 4.79 Å². The minimum Gasteiger partial charge on any atom is -0.491 e. The standard InChI is InChI=1S/C22H34N2O4/c1-15(2)27-18-10-8-7-9-16(18)13-19(25)24-22(6,17-11-12-17)14-23-20(26)28-21(3,4)5/h7-10,15,17H,11-14H2,1-6H3,(H,23,26)(H,24,25). The summed E-state index contributed by atoms with van der Waals surface area (Å²) < 4.78 is 11.1. The molecule has 0 aromatic heterocycles. The fourth-order valence-corrected chi connectivity index (χ4v) is 3.14. The third kappa shape index (κ3) is 7.06. The Morgan fingerprint density at radius 3 is 2.36 bits per heavy atom. The van der Waals surface area contributed by atoms with Gasteiger partial charge >= 0.3 is 6.09 Å². The van der Waals surface area contributed by atoms with Gasteiger partial charge in [-0.1, -0.05) is 18.2 Å². The molecule has 0 heterocycles. The fraction of sp³-hybridized carbons (Fsp3) is 0.636. The third-order valence-corrected chi connectivity index (χ3v) is 4.59. The molecule has 1 aromatic rings. The lowest BCUT2D eigenvalue weighted by Crippen LogP contribution is -2.56. The molecule has 0 saturated heterocycles. The molecule has 1 aromatic carbocycles. The van der Waals surface area contributed by atoms with Crippen LogP contribution in [0.5, 0.6) is 5.75 Å². The quantitative estimate of drug-likeness (QED) is 0.707. The molecule has 1 fully saturated rings. The minimum atomic E-state index is -0.552. The lowest BCUT2D eigenvalue weighted by molar-refractivity contribution is -0.122. The van der Waals surface area contributed by atoms with E-state index >= 15 is 0 Å². The maximum atomic E-state index is 12.8. The first-order valence-corrected chi connectivity index (χ1v) is 10.0. The number of carbonyl (C=O) groups is 2. The molecule has 1 atom stereocenters. The molecule has 1 aliphatic carbocycles. The first kappa shape index (κ1) is 22.1. The van der Waals surface area contributed by atoms with E-state index in [1.165, 1.54) is 0 Å². The zero-order chi connectivity index (χ0) is 20.9. The summed E-state index contributed by atoms with van der Waals surface area (Å²) in [5, 5.41) is 5.95. The summed E-state index contributed by atoms with van der Waals surface area (Å²) in [6.07, 6.45) is 1.89. The van der Waals surface area contributed by atoms with Crippen LogP contribution in [0.3, 0.4) is 0 Å². The van der Waals surface area contributed by atoms with Crippen LogP contribution in [0.1, 0.15) is 59.9 Å². The molecule has 2 amide bonds. The molecule has 2 rings (SSSR count). The molecule has 6 nitrogen and oxygen atoms in total. The Balaban J connectivity index is 1.98. The summed E-state index contributed by atoms with van der Waals surface area (Å²) in [5.74, 6) is 1.00. The summed E-state index contributed by atoms with van der Waals surface area (Å²) in [7, 11) is 0. The SMILES string of the molecule is CC(C)Oc1ccccc1CC(=O)NC(C)(CNC(=O)OC(C)(C)C)C1CC1. The number of hydrogen-bond donors (Lipinski definition) is 2. The van der Waals surface area contributed by atoms with E-state index in [4.69, 9.17) is 9.47 Å². The zero-order valence-electron chi connectivity index (χ0n) is 17.9. The highest BCUT2D eigenvalue weighted by Gasteiger charge is 2.43. The molecule has 1 saturated carbocycles. The normalized spacial score (nSPS) is 16.2. The molecular formula is C22H34N2O4. The van der Waals surface area contributed by atoms with E-state index < -0.39 is 17.2 Å². The third-order valence-electron chi connectivity index (χ3n) is 4.59. The Morgan fingerprint density at radius 1 is 1.14 bits per heavy atom. The smallest absolute Gasteiger partial charge is 0.407 e. The minimum absolute atomic E-state index is 0.0407. The van der Waals surface area contributed by atoms with Crippen LogP contribution in [0.25, 0.3) is 0 Å². The highest BCUT2D eigenvalue weighted by molar-refractivity contribution is 5.80. The van der Waals surface area contributed by atoms with Crippen molar-refractivity contribution >= 4 is 12.0 Å². The summed E-state index contributed by atoms with van der Waals surface area (Å²) in [4.78, 5) is 24.8. The number of hydrogen-bond acceptors (Lipinski definition) is 4. The van der Waals surface area contributed by atoms with Gasteiger partial charge in [0.2, 0.25) is 5.91 Å². The van der Waals surface area contributed by atoms with Crippen LogP contribution in [-0.4, -0.2) is 35.8 Å². The first-order valence-electron chi connectivity index (χ1n) is 10.0. The molecule has 6 heteroatoms. The molecule has 0 bridgehead atoms. The van der Waals surface area contributed by atoms with Gasteiger partial charge in [-0.25, -0.2) is 4.79 Å². The van der Waals surface area contributed by atoms with E-state index in [-0.39, 0.29) is 18.4 Å². The summed E-state index contributed by atoms with van der Waals surface area (Å²) in [6, 6.07) is 7.59. The van der Waals surface area contributed by atoms with Crippen molar-refractivity contribution in [2.24, 2.45) is 5.92 Å². The molecule has 28 heavy (non-hydrogen) atoms. The van der Waals surface area contributed by atoms with Crippen LogP contribution in [0, 0.1) is 5.92 Å². The predicted molar refractivity (Wildman–Crippen MR) is 109 cm³/mol. The zero-order valence-corrected chi connectivity index (χ0v) is 17.9. The topological polar surface area (TPSA) is 76.7 Å². The van der Waals surface area contributed by atoms with Crippen molar-refractivity contribution in [1.29, 1.82) is 0 Å². The number of ether oxygens (including phenoxy) is 2.